The topological polar surface area (TPSA) is 68.3 Å². The van der Waals surface area contributed by atoms with Crippen molar-refractivity contribution in [3.05, 3.63) is 58.7 Å². The maximum absolute atomic E-state index is 13.4. The number of methoxy groups -OCH3 is 1. The first-order valence-electron chi connectivity index (χ1n) is 7.28. The Morgan fingerprint density at radius 2 is 1.88 bits per heavy atom. The van der Waals surface area contributed by atoms with Crippen LogP contribution in [0, 0.1) is 12.7 Å². The Morgan fingerprint density at radius 1 is 1.16 bits per heavy atom. The van der Waals surface area contributed by atoms with Gasteiger partial charge >= 0.3 is 0 Å². The number of nitrogens with one attached hydrogen (secondary N) is 1. The lowest BCUT2D eigenvalue weighted by atomic mass is 10.1. The minimum atomic E-state index is -3.98. The molecule has 0 aliphatic heterocycles. The van der Waals surface area contributed by atoms with Gasteiger partial charge in [-0.25, -0.2) is 17.8 Å². The van der Waals surface area contributed by atoms with Gasteiger partial charge in [-0.05, 0) is 37.3 Å². The lowest BCUT2D eigenvalue weighted by Crippen LogP contribution is -2.14. The molecule has 0 unspecified atom stereocenters. The van der Waals surface area contributed by atoms with E-state index in [1.807, 2.05) is 12.3 Å². The molecule has 0 saturated heterocycles. The number of sulfonamides is 1. The second-order valence-electron chi connectivity index (χ2n) is 5.23. The number of benzene rings is 2. The average Bonchev–Trinajstić information content (AvgIpc) is 3.01. The average molecular weight is 378 g/mol. The monoisotopic (exact) mass is 378 g/mol. The zero-order chi connectivity index (χ0) is 18.0. The van der Waals surface area contributed by atoms with Gasteiger partial charge in [0.15, 0.2) is 0 Å². The van der Waals surface area contributed by atoms with Crippen LogP contribution in [0.25, 0.3) is 11.3 Å². The Kier molecular flexibility index (Phi) is 4.73. The Hall–Kier alpha value is -2.45. The van der Waals surface area contributed by atoms with Gasteiger partial charge in [0.25, 0.3) is 10.0 Å². The molecule has 0 atom stereocenters. The SMILES string of the molecule is COc1ccc(F)cc1S(=O)(=O)Nc1ccc(-c2csc(C)n2)cc1. The van der Waals surface area contributed by atoms with E-state index in [1.54, 1.807) is 35.6 Å². The van der Waals surface area contributed by atoms with E-state index in [-0.39, 0.29) is 10.6 Å². The highest BCUT2D eigenvalue weighted by Gasteiger charge is 2.20. The number of aryl methyl sites for hydroxylation is 1. The Morgan fingerprint density at radius 3 is 2.48 bits per heavy atom. The molecule has 0 aliphatic rings. The third-order valence-electron chi connectivity index (χ3n) is 3.47. The highest BCUT2D eigenvalue weighted by atomic mass is 32.2. The van der Waals surface area contributed by atoms with E-state index in [0.29, 0.717) is 5.69 Å². The summed E-state index contributed by atoms with van der Waals surface area (Å²) in [5.74, 6) is -0.584. The van der Waals surface area contributed by atoms with Gasteiger partial charge in [-0.15, -0.1) is 11.3 Å². The van der Waals surface area contributed by atoms with E-state index >= 15 is 0 Å². The number of aromatic nitrogens is 1. The van der Waals surface area contributed by atoms with Crippen LogP contribution < -0.4 is 9.46 Å². The van der Waals surface area contributed by atoms with Crippen LogP contribution in [0.4, 0.5) is 10.1 Å². The number of nitrogens with zero attached hydrogens (tertiary/aromatic N) is 1. The molecule has 1 heterocycles. The summed E-state index contributed by atoms with van der Waals surface area (Å²) in [6.45, 7) is 1.92. The molecule has 5 nitrogen and oxygen atoms in total. The fraction of sp³-hybridized carbons (Fsp3) is 0.118. The lowest BCUT2D eigenvalue weighted by Gasteiger charge is -2.12. The Balaban J connectivity index is 1.87. The van der Waals surface area contributed by atoms with Crippen molar-refractivity contribution in [1.82, 2.24) is 4.98 Å². The number of thiazole rings is 1. The molecule has 3 aromatic rings. The molecule has 25 heavy (non-hydrogen) atoms. The van der Waals surface area contributed by atoms with E-state index in [4.69, 9.17) is 4.74 Å². The van der Waals surface area contributed by atoms with Gasteiger partial charge in [0.1, 0.15) is 16.5 Å². The third-order valence-corrected chi connectivity index (χ3v) is 5.64. The van der Waals surface area contributed by atoms with Gasteiger partial charge in [-0.2, -0.15) is 0 Å². The molecule has 0 fully saturated rings. The summed E-state index contributed by atoms with van der Waals surface area (Å²) in [7, 11) is -2.65. The highest BCUT2D eigenvalue weighted by molar-refractivity contribution is 7.92. The summed E-state index contributed by atoms with van der Waals surface area (Å²) >= 11 is 1.54. The van der Waals surface area contributed by atoms with Gasteiger partial charge in [0.2, 0.25) is 0 Å². The normalized spacial score (nSPS) is 11.3. The summed E-state index contributed by atoms with van der Waals surface area (Å²) < 4.78 is 45.9. The molecule has 0 radical (unpaired) electrons. The van der Waals surface area contributed by atoms with Crippen molar-refractivity contribution in [3.63, 3.8) is 0 Å². The minimum absolute atomic E-state index is 0.0727. The number of hydrogen-bond donors (Lipinski definition) is 1. The number of hydrogen-bond acceptors (Lipinski definition) is 5. The van der Waals surface area contributed by atoms with Crippen molar-refractivity contribution in [2.24, 2.45) is 0 Å². The Bertz CT molecular complexity index is 999. The molecule has 3 rings (SSSR count). The zero-order valence-electron chi connectivity index (χ0n) is 13.5. The molecule has 8 heteroatoms. The summed E-state index contributed by atoms with van der Waals surface area (Å²) in [6.07, 6.45) is 0. The van der Waals surface area contributed by atoms with Crippen LogP contribution in [-0.4, -0.2) is 20.5 Å². The number of anilines is 1. The van der Waals surface area contributed by atoms with Crippen LogP contribution in [0.2, 0.25) is 0 Å². The van der Waals surface area contributed by atoms with E-state index in [2.05, 4.69) is 9.71 Å². The van der Waals surface area contributed by atoms with Gasteiger partial charge < -0.3 is 4.74 Å². The molecule has 0 bridgehead atoms. The van der Waals surface area contributed by atoms with Gasteiger partial charge in [0, 0.05) is 16.6 Å². The van der Waals surface area contributed by atoms with Crippen LogP contribution in [0.15, 0.2) is 52.7 Å². The highest BCUT2D eigenvalue weighted by Crippen LogP contribution is 2.28. The predicted octanol–water partition coefficient (Wildman–Crippen LogP) is 4.07. The summed E-state index contributed by atoms with van der Waals surface area (Å²) in [5.41, 5.74) is 2.08. The van der Waals surface area contributed by atoms with Gasteiger partial charge in [-0.1, -0.05) is 12.1 Å². The first-order chi connectivity index (χ1) is 11.9. The van der Waals surface area contributed by atoms with E-state index in [0.717, 1.165) is 28.4 Å². The summed E-state index contributed by atoms with van der Waals surface area (Å²) in [6, 6.07) is 10.2. The van der Waals surface area contributed by atoms with Crippen molar-refractivity contribution in [3.8, 4) is 17.0 Å². The lowest BCUT2D eigenvalue weighted by molar-refractivity contribution is 0.401. The molecule has 0 aliphatic carbocycles. The second-order valence-corrected chi connectivity index (χ2v) is 7.94. The molecular weight excluding hydrogens is 363 g/mol. The maximum Gasteiger partial charge on any atom is 0.265 e. The fourth-order valence-corrected chi connectivity index (χ4v) is 4.14. The van der Waals surface area contributed by atoms with Crippen molar-refractivity contribution >= 4 is 27.0 Å². The van der Waals surface area contributed by atoms with Crippen molar-refractivity contribution < 1.29 is 17.5 Å². The van der Waals surface area contributed by atoms with E-state index in [9.17, 15) is 12.8 Å². The van der Waals surface area contributed by atoms with Gasteiger partial charge in [-0.3, -0.25) is 4.72 Å². The first kappa shape index (κ1) is 17.4. The van der Waals surface area contributed by atoms with Gasteiger partial charge in [0.05, 0.1) is 17.8 Å². The molecule has 0 spiro atoms. The van der Waals surface area contributed by atoms with E-state index < -0.39 is 15.8 Å². The molecule has 0 amide bonds. The van der Waals surface area contributed by atoms with Crippen molar-refractivity contribution in [1.29, 1.82) is 0 Å². The van der Waals surface area contributed by atoms with Crippen molar-refractivity contribution in [2.45, 2.75) is 11.8 Å². The van der Waals surface area contributed by atoms with Crippen LogP contribution >= 0.6 is 11.3 Å². The van der Waals surface area contributed by atoms with E-state index in [1.165, 1.54) is 13.2 Å². The number of ether oxygens (including phenoxy) is 1. The van der Waals surface area contributed by atoms with Crippen LogP contribution in [-0.2, 0) is 10.0 Å². The quantitative estimate of drug-likeness (QED) is 0.727. The molecular formula is C17H15FN2O3S2. The zero-order valence-corrected chi connectivity index (χ0v) is 15.1. The number of rotatable bonds is 5. The number of halogens is 1. The summed E-state index contributed by atoms with van der Waals surface area (Å²) in [5, 5.41) is 2.89. The molecule has 2 aromatic carbocycles. The smallest absolute Gasteiger partial charge is 0.265 e. The van der Waals surface area contributed by atoms with Crippen LogP contribution in [0.1, 0.15) is 5.01 Å². The summed E-state index contributed by atoms with van der Waals surface area (Å²) in [4.78, 5) is 4.13. The third kappa shape index (κ3) is 3.80. The molecule has 1 N–H and O–H groups in total. The standard InChI is InChI=1S/C17H15FN2O3S2/c1-11-19-15(10-24-11)12-3-6-14(7-4-12)20-25(21,22)17-9-13(18)5-8-16(17)23-2/h3-10,20H,1-2H3. The Labute approximate surface area is 149 Å². The first-order valence-corrected chi connectivity index (χ1v) is 9.64. The second kappa shape index (κ2) is 6.81. The van der Waals surface area contributed by atoms with Crippen LogP contribution in [0.3, 0.4) is 0 Å². The maximum atomic E-state index is 13.4. The molecule has 130 valence electrons. The largest absolute Gasteiger partial charge is 0.495 e. The fourth-order valence-electron chi connectivity index (χ4n) is 2.28. The molecule has 0 saturated carbocycles. The van der Waals surface area contributed by atoms with Crippen LogP contribution in [0.5, 0.6) is 5.75 Å². The molecule has 1 aromatic heterocycles. The predicted molar refractivity (Wildman–Crippen MR) is 96.0 cm³/mol. The van der Waals surface area contributed by atoms with Crippen molar-refractivity contribution in [2.75, 3.05) is 11.8 Å². The minimum Gasteiger partial charge on any atom is -0.495 e.